The summed E-state index contributed by atoms with van der Waals surface area (Å²) in [6.45, 7) is 3.29. The van der Waals surface area contributed by atoms with Gasteiger partial charge in [-0.3, -0.25) is 0 Å². The number of hydrogen-bond acceptors (Lipinski definition) is 3. The fourth-order valence-corrected chi connectivity index (χ4v) is 2.05. The van der Waals surface area contributed by atoms with E-state index in [2.05, 4.69) is 29.2 Å². The second-order valence-electron chi connectivity index (χ2n) is 3.84. The molecular weight excluding hydrogens is 188 g/mol. The third-order valence-corrected chi connectivity index (χ3v) is 2.80. The standard InChI is InChI=1S/C12H18N2O/c13-7-8-14(12-6-9-15-10-12)11-4-2-1-3-5-11/h1-5,12H,6-10,13H2. The number of ether oxygens (including phenoxy) is 1. The van der Waals surface area contributed by atoms with Crippen molar-refractivity contribution in [1.29, 1.82) is 0 Å². The Balaban J connectivity index is 2.11. The summed E-state index contributed by atoms with van der Waals surface area (Å²) in [5, 5.41) is 0. The highest BCUT2D eigenvalue weighted by molar-refractivity contribution is 5.47. The van der Waals surface area contributed by atoms with Crippen molar-refractivity contribution in [2.24, 2.45) is 5.73 Å². The Bertz CT molecular complexity index is 283. The SMILES string of the molecule is NCCN(c1ccccc1)C1CCOC1. The molecule has 1 fully saturated rings. The Morgan fingerprint density at radius 1 is 1.33 bits per heavy atom. The van der Waals surface area contributed by atoms with Gasteiger partial charge < -0.3 is 15.4 Å². The van der Waals surface area contributed by atoms with Crippen LogP contribution in [-0.2, 0) is 4.74 Å². The lowest BCUT2D eigenvalue weighted by atomic mass is 10.2. The van der Waals surface area contributed by atoms with E-state index in [4.69, 9.17) is 10.5 Å². The summed E-state index contributed by atoms with van der Waals surface area (Å²) in [6, 6.07) is 10.9. The van der Waals surface area contributed by atoms with Crippen molar-refractivity contribution in [3.05, 3.63) is 30.3 Å². The zero-order chi connectivity index (χ0) is 10.5. The summed E-state index contributed by atoms with van der Waals surface area (Å²) in [5.41, 5.74) is 6.90. The molecule has 1 heterocycles. The molecule has 2 N–H and O–H groups in total. The normalized spacial score (nSPS) is 20.5. The number of para-hydroxylation sites is 1. The average Bonchev–Trinajstić information content (AvgIpc) is 2.80. The number of benzene rings is 1. The van der Waals surface area contributed by atoms with Crippen molar-refractivity contribution >= 4 is 5.69 Å². The van der Waals surface area contributed by atoms with Gasteiger partial charge >= 0.3 is 0 Å². The summed E-state index contributed by atoms with van der Waals surface area (Å²) >= 11 is 0. The minimum Gasteiger partial charge on any atom is -0.379 e. The van der Waals surface area contributed by atoms with Crippen molar-refractivity contribution in [2.75, 3.05) is 31.2 Å². The summed E-state index contributed by atoms with van der Waals surface area (Å²) in [5.74, 6) is 0. The van der Waals surface area contributed by atoms with Gasteiger partial charge in [0.25, 0.3) is 0 Å². The third-order valence-electron chi connectivity index (χ3n) is 2.80. The van der Waals surface area contributed by atoms with Gasteiger partial charge in [0, 0.05) is 25.4 Å². The van der Waals surface area contributed by atoms with Crippen molar-refractivity contribution in [1.82, 2.24) is 0 Å². The van der Waals surface area contributed by atoms with Crippen LogP contribution in [0.3, 0.4) is 0 Å². The maximum Gasteiger partial charge on any atom is 0.0670 e. The van der Waals surface area contributed by atoms with Crippen molar-refractivity contribution in [3.8, 4) is 0 Å². The predicted molar refractivity (Wildman–Crippen MR) is 62.1 cm³/mol. The van der Waals surface area contributed by atoms with Crippen LogP contribution in [0.1, 0.15) is 6.42 Å². The molecule has 1 aromatic rings. The van der Waals surface area contributed by atoms with Crippen LogP contribution in [0.4, 0.5) is 5.69 Å². The molecular formula is C12H18N2O. The first kappa shape index (κ1) is 10.5. The molecule has 0 amide bonds. The van der Waals surface area contributed by atoms with Gasteiger partial charge in [-0.2, -0.15) is 0 Å². The molecule has 15 heavy (non-hydrogen) atoms. The molecule has 3 heteroatoms. The van der Waals surface area contributed by atoms with Crippen LogP contribution in [0.25, 0.3) is 0 Å². The van der Waals surface area contributed by atoms with Gasteiger partial charge in [-0.15, -0.1) is 0 Å². The van der Waals surface area contributed by atoms with Gasteiger partial charge in [0.15, 0.2) is 0 Å². The van der Waals surface area contributed by atoms with E-state index in [1.165, 1.54) is 5.69 Å². The maximum absolute atomic E-state index is 5.65. The van der Waals surface area contributed by atoms with Gasteiger partial charge in [-0.05, 0) is 18.6 Å². The molecule has 1 unspecified atom stereocenters. The summed E-state index contributed by atoms with van der Waals surface area (Å²) < 4.78 is 5.42. The van der Waals surface area contributed by atoms with Crippen molar-refractivity contribution < 1.29 is 4.74 Å². The minimum absolute atomic E-state index is 0.496. The van der Waals surface area contributed by atoms with E-state index in [1.807, 2.05) is 6.07 Å². The van der Waals surface area contributed by atoms with Crippen LogP contribution >= 0.6 is 0 Å². The maximum atomic E-state index is 5.65. The Morgan fingerprint density at radius 3 is 2.73 bits per heavy atom. The Morgan fingerprint density at radius 2 is 2.13 bits per heavy atom. The van der Waals surface area contributed by atoms with E-state index in [0.29, 0.717) is 12.6 Å². The summed E-state index contributed by atoms with van der Waals surface area (Å²) in [7, 11) is 0. The molecule has 1 aliphatic rings. The molecule has 1 aliphatic heterocycles. The Kier molecular flexibility index (Phi) is 3.59. The molecule has 3 nitrogen and oxygen atoms in total. The average molecular weight is 206 g/mol. The molecule has 1 atom stereocenters. The molecule has 0 aromatic heterocycles. The number of hydrogen-bond donors (Lipinski definition) is 1. The lowest BCUT2D eigenvalue weighted by Gasteiger charge is -2.29. The topological polar surface area (TPSA) is 38.5 Å². The highest BCUT2D eigenvalue weighted by atomic mass is 16.5. The molecule has 1 saturated heterocycles. The molecule has 0 radical (unpaired) electrons. The fourth-order valence-electron chi connectivity index (χ4n) is 2.05. The van der Waals surface area contributed by atoms with Gasteiger partial charge in [-0.25, -0.2) is 0 Å². The quantitative estimate of drug-likeness (QED) is 0.805. The van der Waals surface area contributed by atoms with Crippen LogP contribution in [0, 0.1) is 0 Å². The monoisotopic (exact) mass is 206 g/mol. The van der Waals surface area contributed by atoms with E-state index in [0.717, 1.165) is 26.2 Å². The van der Waals surface area contributed by atoms with Crippen molar-refractivity contribution in [2.45, 2.75) is 12.5 Å². The first-order valence-corrected chi connectivity index (χ1v) is 5.51. The van der Waals surface area contributed by atoms with Crippen LogP contribution in [-0.4, -0.2) is 32.3 Å². The van der Waals surface area contributed by atoms with Gasteiger partial charge in [0.2, 0.25) is 0 Å². The molecule has 0 bridgehead atoms. The lowest BCUT2D eigenvalue weighted by Crippen LogP contribution is -2.39. The van der Waals surface area contributed by atoms with Crippen LogP contribution < -0.4 is 10.6 Å². The molecule has 1 aromatic carbocycles. The fraction of sp³-hybridized carbons (Fsp3) is 0.500. The Hall–Kier alpha value is -1.06. The molecule has 0 aliphatic carbocycles. The van der Waals surface area contributed by atoms with E-state index >= 15 is 0 Å². The van der Waals surface area contributed by atoms with E-state index < -0.39 is 0 Å². The number of rotatable bonds is 4. The zero-order valence-corrected chi connectivity index (χ0v) is 8.93. The van der Waals surface area contributed by atoms with Gasteiger partial charge in [-0.1, -0.05) is 18.2 Å². The molecule has 0 spiro atoms. The highest BCUT2D eigenvalue weighted by Crippen LogP contribution is 2.20. The van der Waals surface area contributed by atoms with Crippen LogP contribution in [0.2, 0.25) is 0 Å². The van der Waals surface area contributed by atoms with Crippen LogP contribution in [0.5, 0.6) is 0 Å². The smallest absolute Gasteiger partial charge is 0.0670 e. The molecule has 82 valence electrons. The minimum atomic E-state index is 0.496. The highest BCUT2D eigenvalue weighted by Gasteiger charge is 2.22. The second kappa shape index (κ2) is 5.14. The van der Waals surface area contributed by atoms with E-state index in [1.54, 1.807) is 0 Å². The third kappa shape index (κ3) is 2.49. The zero-order valence-electron chi connectivity index (χ0n) is 8.93. The molecule has 2 rings (SSSR count). The van der Waals surface area contributed by atoms with E-state index in [9.17, 15) is 0 Å². The predicted octanol–water partition coefficient (Wildman–Crippen LogP) is 1.24. The number of anilines is 1. The summed E-state index contributed by atoms with van der Waals surface area (Å²) in [4.78, 5) is 2.35. The largest absolute Gasteiger partial charge is 0.379 e. The number of nitrogens with two attached hydrogens (primary N) is 1. The number of nitrogens with zero attached hydrogens (tertiary/aromatic N) is 1. The Labute approximate surface area is 90.8 Å². The summed E-state index contributed by atoms with van der Waals surface area (Å²) in [6.07, 6.45) is 1.11. The first-order chi connectivity index (χ1) is 7.42. The van der Waals surface area contributed by atoms with Crippen molar-refractivity contribution in [3.63, 3.8) is 0 Å². The first-order valence-electron chi connectivity index (χ1n) is 5.51. The van der Waals surface area contributed by atoms with Gasteiger partial charge in [0.05, 0.1) is 12.6 Å². The molecule has 0 saturated carbocycles. The van der Waals surface area contributed by atoms with Crippen LogP contribution in [0.15, 0.2) is 30.3 Å². The van der Waals surface area contributed by atoms with Gasteiger partial charge in [0.1, 0.15) is 0 Å². The second-order valence-corrected chi connectivity index (χ2v) is 3.84. The lowest BCUT2D eigenvalue weighted by molar-refractivity contribution is 0.193. The van der Waals surface area contributed by atoms with E-state index in [-0.39, 0.29) is 0 Å².